The van der Waals surface area contributed by atoms with Crippen molar-refractivity contribution in [2.24, 2.45) is 0 Å². The van der Waals surface area contributed by atoms with E-state index in [2.05, 4.69) is 15.6 Å². The summed E-state index contributed by atoms with van der Waals surface area (Å²) in [7, 11) is 0. The number of pyridine rings is 1. The first-order chi connectivity index (χ1) is 20.9. The van der Waals surface area contributed by atoms with Gasteiger partial charge < -0.3 is 29.6 Å². The second-order valence-corrected chi connectivity index (χ2v) is 12.7. The van der Waals surface area contributed by atoms with Crippen LogP contribution in [0.15, 0.2) is 30.5 Å². The minimum absolute atomic E-state index is 0.0198. The molecule has 1 aromatic heterocycles. The molecule has 1 atom stereocenters. The van der Waals surface area contributed by atoms with Gasteiger partial charge in [-0.15, -0.1) is 0 Å². The number of hydrogen-bond acceptors (Lipinski definition) is 8. The van der Waals surface area contributed by atoms with Crippen molar-refractivity contribution >= 4 is 23.6 Å². The number of halogens is 1. The first kappa shape index (κ1) is 31.5. The summed E-state index contributed by atoms with van der Waals surface area (Å²) >= 11 is 1.88. The molecule has 2 aromatic rings. The number of amides is 2. The Morgan fingerprint density at radius 2 is 1.67 bits per heavy atom. The van der Waals surface area contributed by atoms with Crippen molar-refractivity contribution in [2.45, 2.75) is 89.2 Å². The molecule has 2 amide bonds. The van der Waals surface area contributed by atoms with E-state index in [-0.39, 0.29) is 47.7 Å². The lowest BCUT2D eigenvalue weighted by Gasteiger charge is -2.30. The van der Waals surface area contributed by atoms with Crippen LogP contribution >= 0.6 is 11.8 Å². The number of hydrogen-bond donors (Lipinski definition) is 2. The Morgan fingerprint density at radius 3 is 2.37 bits per heavy atom. The lowest BCUT2D eigenvalue weighted by molar-refractivity contribution is -0.165. The molecule has 3 aliphatic rings. The van der Waals surface area contributed by atoms with Gasteiger partial charge in [-0.25, -0.2) is 9.37 Å². The van der Waals surface area contributed by atoms with Crippen LogP contribution in [0.4, 0.5) is 4.39 Å². The summed E-state index contributed by atoms with van der Waals surface area (Å²) in [6.07, 6.45) is 8.48. The maximum absolute atomic E-state index is 14.0. The Balaban J connectivity index is 1.10. The van der Waals surface area contributed by atoms with Crippen molar-refractivity contribution in [2.75, 3.05) is 31.3 Å². The van der Waals surface area contributed by atoms with E-state index in [9.17, 15) is 14.0 Å². The lowest BCUT2D eigenvalue weighted by atomic mass is 9.90. The Bertz CT molecular complexity index is 1230. The molecule has 5 rings (SSSR count). The minimum Gasteiger partial charge on any atom is -0.490 e. The van der Waals surface area contributed by atoms with E-state index in [1.54, 1.807) is 0 Å². The summed E-state index contributed by atoms with van der Waals surface area (Å²) in [5.41, 5.74) is 1.58. The molecule has 0 bridgehead atoms. The highest BCUT2D eigenvalue weighted by Gasteiger charge is 2.27. The van der Waals surface area contributed by atoms with Crippen LogP contribution in [-0.4, -0.2) is 72.6 Å². The third-order valence-electron chi connectivity index (χ3n) is 8.07. The molecule has 0 radical (unpaired) electrons. The van der Waals surface area contributed by atoms with Crippen LogP contribution in [-0.2, 0) is 9.47 Å². The van der Waals surface area contributed by atoms with Gasteiger partial charge in [-0.2, -0.15) is 11.8 Å². The van der Waals surface area contributed by atoms with Gasteiger partial charge in [-0.05, 0) is 94.4 Å². The Kier molecular flexibility index (Phi) is 11.5. The number of benzene rings is 1. The minimum atomic E-state index is -0.576. The van der Waals surface area contributed by atoms with E-state index >= 15 is 0 Å². The van der Waals surface area contributed by atoms with E-state index in [0.717, 1.165) is 62.0 Å². The van der Waals surface area contributed by atoms with Crippen molar-refractivity contribution in [3.63, 3.8) is 0 Å². The molecule has 43 heavy (non-hydrogen) atoms. The van der Waals surface area contributed by atoms with Gasteiger partial charge in [0, 0.05) is 18.7 Å². The molecule has 2 aliphatic heterocycles. The lowest BCUT2D eigenvalue weighted by Crippen LogP contribution is -2.44. The maximum Gasteiger partial charge on any atom is 0.257 e. The third-order valence-corrected chi connectivity index (χ3v) is 9.12. The van der Waals surface area contributed by atoms with Crippen LogP contribution in [0.5, 0.6) is 11.6 Å². The smallest absolute Gasteiger partial charge is 0.257 e. The Morgan fingerprint density at radius 1 is 0.953 bits per heavy atom. The van der Waals surface area contributed by atoms with Crippen molar-refractivity contribution in [3.05, 3.63) is 53.0 Å². The molecule has 2 saturated heterocycles. The van der Waals surface area contributed by atoms with Gasteiger partial charge in [0.05, 0.1) is 18.4 Å². The zero-order valence-electron chi connectivity index (χ0n) is 24.8. The zero-order valence-corrected chi connectivity index (χ0v) is 25.6. The zero-order chi connectivity index (χ0) is 30.0. The van der Waals surface area contributed by atoms with Crippen molar-refractivity contribution in [1.29, 1.82) is 0 Å². The molecular weight excluding hydrogens is 573 g/mol. The maximum atomic E-state index is 14.0. The molecule has 2 N–H and O–H groups in total. The monoisotopic (exact) mass is 615 g/mol. The predicted octanol–water partition coefficient (Wildman–Crippen LogP) is 5.20. The van der Waals surface area contributed by atoms with Gasteiger partial charge in [-0.1, -0.05) is 11.6 Å². The van der Waals surface area contributed by atoms with Crippen LogP contribution in [0.1, 0.15) is 84.1 Å². The van der Waals surface area contributed by atoms with Crippen molar-refractivity contribution < 1.29 is 32.9 Å². The molecule has 1 aromatic carbocycles. The number of nitrogens with zero attached hydrogens (tertiary/aromatic N) is 1. The summed E-state index contributed by atoms with van der Waals surface area (Å²) in [6.45, 7) is 3.37. The number of aromatic nitrogens is 1. The van der Waals surface area contributed by atoms with Crippen LogP contribution in [0.25, 0.3) is 0 Å². The highest BCUT2D eigenvalue weighted by molar-refractivity contribution is 7.99. The summed E-state index contributed by atoms with van der Waals surface area (Å²) in [4.78, 5) is 30.5. The molecule has 9 nitrogen and oxygen atoms in total. The van der Waals surface area contributed by atoms with E-state index in [1.165, 1.54) is 6.07 Å². The number of thioether (sulfide) groups is 1. The average molecular weight is 616 g/mol. The predicted molar refractivity (Wildman–Crippen MR) is 162 cm³/mol. The van der Waals surface area contributed by atoms with Gasteiger partial charge >= 0.3 is 0 Å². The number of carbonyl (C=O) groups excluding carboxylic acids is 2. The largest absolute Gasteiger partial charge is 0.490 e. The van der Waals surface area contributed by atoms with Crippen LogP contribution in [0.2, 0.25) is 0 Å². The van der Waals surface area contributed by atoms with Crippen molar-refractivity contribution in [3.8, 4) is 11.6 Å². The van der Waals surface area contributed by atoms with Crippen LogP contribution in [0.3, 0.4) is 0 Å². The van der Waals surface area contributed by atoms with Gasteiger partial charge in [0.1, 0.15) is 29.8 Å². The van der Waals surface area contributed by atoms with Gasteiger partial charge in [0.2, 0.25) is 5.88 Å². The average Bonchev–Trinajstić information content (AvgIpc) is 3.02. The standard InChI is InChI=1S/C32H42FN3O6S/c1-21-5-10-28(39-14-15-41-29-4-2-3-13-40-29)26(18-21)30(37)35-23-6-8-24(9-7-23)36-31(38)27-19-22(33)20-34-32(27)42-25-11-16-43-17-12-25/h5,10,18-20,23-25,29H,2-4,6-9,11-17H2,1H3,(H,35,37)(H,36,38). The first-order valence-corrected chi connectivity index (χ1v) is 16.6. The van der Waals surface area contributed by atoms with E-state index in [1.807, 2.05) is 36.9 Å². The number of aryl methyl sites for hydroxylation is 1. The summed E-state index contributed by atoms with van der Waals surface area (Å²) in [6, 6.07) is 6.65. The topological polar surface area (TPSA) is 108 Å². The normalized spacial score (nSPS) is 22.9. The highest BCUT2D eigenvalue weighted by Crippen LogP contribution is 2.26. The molecule has 3 fully saturated rings. The molecular formula is C32H42FN3O6S. The first-order valence-electron chi connectivity index (χ1n) is 15.4. The molecule has 234 valence electrons. The molecule has 3 heterocycles. The number of nitrogens with one attached hydrogen (secondary N) is 2. The van der Waals surface area contributed by atoms with E-state index in [0.29, 0.717) is 50.2 Å². The highest BCUT2D eigenvalue weighted by atomic mass is 32.2. The van der Waals surface area contributed by atoms with Crippen LogP contribution in [0, 0.1) is 12.7 Å². The quantitative estimate of drug-likeness (QED) is 0.333. The van der Waals surface area contributed by atoms with E-state index in [4.69, 9.17) is 18.9 Å². The van der Waals surface area contributed by atoms with Gasteiger partial charge in [0.15, 0.2) is 6.29 Å². The summed E-state index contributed by atoms with van der Waals surface area (Å²) < 4.78 is 37.3. The Labute approximate surface area is 257 Å². The fourth-order valence-corrected chi connectivity index (χ4v) is 6.73. The van der Waals surface area contributed by atoms with Crippen LogP contribution < -0.4 is 20.1 Å². The molecule has 1 unspecified atom stereocenters. The molecule has 1 saturated carbocycles. The van der Waals surface area contributed by atoms with Gasteiger partial charge in [0.25, 0.3) is 11.8 Å². The number of ether oxygens (including phenoxy) is 4. The SMILES string of the molecule is Cc1ccc(OCCOC2CCCCO2)c(C(=O)NC2CCC(NC(=O)c3cc(F)cnc3OC3CCSCC3)CC2)c1. The molecule has 0 spiro atoms. The molecule has 1 aliphatic carbocycles. The molecule has 11 heteroatoms. The number of carbonyl (C=O) groups is 2. The fourth-order valence-electron chi connectivity index (χ4n) is 5.66. The summed E-state index contributed by atoms with van der Waals surface area (Å²) in [5, 5.41) is 6.18. The third kappa shape index (κ3) is 9.30. The van der Waals surface area contributed by atoms with Gasteiger partial charge in [-0.3, -0.25) is 9.59 Å². The summed E-state index contributed by atoms with van der Waals surface area (Å²) in [5.74, 6) is 1.55. The van der Waals surface area contributed by atoms with Crippen molar-refractivity contribution in [1.82, 2.24) is 15.6 Å². The second kappa shape index (κ2) is 15.7. The fraction of sp³-hybridized carbons (Fsp3) is 0.594. The second-order valence-electron chi connectivity index (χ2n) is 11.4. The number of rotatable bonds is 11. The Hall–Kier alpha value is -2.89. The van der Waals surface area contributed by atoms with E-state index < -0.39 is 5.82 Å².